The zero-order valence-corrected chi connectivity index (χ0v) is 12.0. The highest BCUT2D eigenvalue weighted by Crippen LogP contribution is 2.25. The number of carbonyl (C=O) groups excluding carboxylic acids is 1. The second-order valence-corrected chi connectivity index (χ2v) is 5.18. The van der Waals surface area contributed by atoms with Gasteiger partial charge >= 0.3 is 0 Å². The van der Waals surface area contributed by atoms with Crippen LogP contribution in [0.3, 0.4) is 0 Å². The Labute approximate surface area is 114 Å². The Morgan fingerprint density at radius 3 is 2.63 bits per heavy atom. The normalized spacial score (nSPS) is 10.7. The van der Waals surface area contributed by atoms with Crippen molar-refractivity contribution >= 4 is 5.78 Å². The minimum Gasteiger partial charge on any atom is -0.346 e. The van der Waals surface area contributed by atoms with Crippen molar-refractivity contribution in [3.05, 3.63) is 40.8 Å². The maximum atomic E-state index is 11.0. The monoisotopic (exact) mass is 256 g/mol. The number of rotatable bonds is 4. The summed E-state index contributed by atoms with van der Waals surface area (Å²) in [4.78, 5) is 18.9. The number of aryl methyl sites for hydroxylation is 4. The summed E-state index contributed by atoms with van der Waals surface area (Å²) >= 11 is 0. The molecule has 0 spiro atoms. The van der Waals surface area contributed by atoms with Crippen LogP contribution in [0, 0.1) is 20.8 Å². The molecule has 19 heavy (non-hydrogen) atoms. The molecule has 3 heteroatoms. The zero-order valence-electron chi connectivity index (χ0n) is 12.0. The highest BCUT2D eigenvalue weighted by molar-refractivity contribution is 5.75. The van der Waals surface area contributed by atoms with Crippen LogP contribution < -0.4 is 0 Å². The van der Waals surface area contributed by atoms with Crippen LogP contribution in [-0.4, -0.2) is 15.8 Å². The first kappa shape index (κ1) is 13.5. The first-order valence-corrected chi connectivity index (χ1v) is 6.60. The first-order chi connectivity index (χ1) is 8.97. The highest BCUT2D eigenvalue weighted by Gasteiger charge is 2.11. The van der Waals surface area contributed by atoms with Crippen molar-refractivity contribution in [3.63, 3.8) is 0 Å². The molecule has 0 aliphatic carbocycles. The second kappa shape index (κ2) is 5.39. The number of nitrogens with one attached hydrogen (secondary N) is 1. The number of Topliss-reactive ketones (excluding diaryl/α,β-unsaturated/α-hetero) is 1. The van der Waals surface area contributed by atoms with Gasteiger partial charge in [-0.2, -0.15) is 0 Å². The van der Waals surface area contributed by atoms with Gasteiger partial charge in [-0.05, 0) is 33.3 Å². The number of H-pyrrole nitrogens is 1. The van der Waals surface area contributed by atoms with Gasteiger partial charge in [0, 0.05) is 24.1 Å². The third kappa shape index (κ3) is 3.11. The molecule has 2 aromatic rings. The Balaban J connectivity index is 2.32. The predicted octanol–water partition coefficient (Wildman–Crippen LogP) is 3.52. The van der Waals surface area contributed by atoms with Crippen molar-refractivity contribution in [2.45, 2.75) is 40.5 Å². The van der Waals surface area contributed by atoms with E-state index in [2.05, 4.69) is 42.0 Å². The Kier molecular flexibility index (Phi) is 3.84. The van der Waals surface area contributed by atoms with Crippen molar-refractivity contribution in [2.75, 3.05) is 0 Å². The largest absolute Gasteiger partial charge is 0.346 e. The first-order valence-electron chi connectivity index (χ1n) is 6.60. The van der Waals surface area contributed by atoms with Gasteiger partial charge in [0.1, 0.15) is 11.6 Å². The number of imidazole rings is 1. The minimum atomic E-state index is 0.196. The molecule has 1 N–H and O–H groups in total. The van der Waals surface area contributed by atoms with Crippen LogP contribution in [0.4, 0.5) is 0 Å². The molecule has 1 aromatic carbocycles. The molecule has 2 rings (SSSR count). The number of aromatic amines is 1. The number of nitrogens with zero attached hydrogens (tertiary/aromatic N) is 1. The Hall–Kier alpha value is -1.90. The number of aromatic nitrogens is 2. The highest BCUT2D eigenvalue weighted by atomic mass is 16.1. The summed E-state index contributed by atoms with van der Waals surface area (Å²) in [7, 11) is 0. The van der Waals surface area contributed by atoms with Crippen molar-refractivity contribution in [1.82, 2.24) is 9.97 Å². The summed E-state index contributed by atoms with van der Waals surface area (Å²) in [6, 6.07) is 6.38. The van der Waals surface area contributed by atoms with Gasteiger partial charge in [0.05, 0.1) is 5.69 Å². The molecule has 3 nitrogen and oxygen atoms in total. The molecule has 0 atom stereocenters. The zero-order chi connectivity index (χ0) is 14.0. The fourth-order valence-corrected chi connectivity index (χ4v) is 2.28. The molecule has 0 fully saturated rings. The van der Waals surface area contributed by atoms with Crippen LogP contribution in [0.15, 0.2) is 18.2 Å². The SMILES string of the molecule is CC(=O)CCc1nc(-c2ccc(C)cc2C)c(C)[nH]1. The summed E-state index contributed by atoms with van der Waals surface area (Å²) in [5.74, 6) is 1.09. The lowest BCUT2D eigenvalue weighted by Crippen LogP contribution is -1.95. The van der Waals surface area contributed by atoms with E-state index in [-0.39, 0.29) is 5.78 Å². The van der Waals surface area contributed by atoms with E-state index in [0.29, 0.717) is 12.8 Å². The number of benzene rings is 1. The van der Waals surface area contributed by atoms with Crippen molar-refractivity contribution < 1.29 is 4.79 Å². The minimum absolute atomic E-state index is 0.196. The van der Waals surface area contributed by atoms with Crippen molar-refractivity contribution in [1.29, 1.82) is 0 Å². The third-order valence-electron chi connectivity index (χ3n) is 3.28. The standard InChI is InChI=1S/C16H20N2O/c1-10-5-7-14(11(2)9-10)16-13(4)17-15(18-16)8-6-12(3)19/h5,7,9H,6,8H2,1-4H3,(H,17,18). The van der Waals surface area contributed by atoms with Crippen LogP contribution in [0.25, 0.3) is 11.3 Å². The van der Waals surface area contributed by atoms with E-state index in [1.807, 2.05) is 6.92 Å². The molecule has 1 aromatic heterocycles. The van der Waals surface area contributed by atoms with Crippen LogP contribution in [0.5, 0.6) is 0 Å². The lowest BCUT2D eigenvalue weighted by Gasteiger charge is -2.04. The van der Waals surface area contributed by atoms with Crippen LogP contribution in [0.2, 0.25) is 0 Å². The Morgan fingerprint density at radius 2 is 2.00 bits per heavy atom. The van der Waals surface area contributed by atoms with Gasteiger partial charge in [0.15, 0.2) is 0 Å². The lowest BCUT2D eigenvalue weighted by molar-refractivity contribution is -0.117. The van der Waals surface area contributed by atoms with E-state index in [0.717, 1.165) is 22.8 Å². The molecule has 0 aliphatic rings. The van der Waals surface area contributed by atoms with E-state index >= 15 is 0 Å². The quantitative estimate of drug-likeness (QED) is 0.909. The molecule has 0 bridgehead atoms. The van der Waals surface area contributed by atoms with Gasteiger partial charge in [-0.3, -0.25) is 0 Å². The van der Waals surface area contributed by atoms with Gasteiger partial charge in [-0.15, -0.1) is 0 Å². The number of hydrogen-bond acceptors (Lipinski definition) is 2. The lowest BCUT2D eigenvalue weighted by atomic mass is 10.0. The molecule has 100 valence electrons. The summed E-state index contributed by atoms with van der Waals surface area (Å²) in [6.07, 6.45) is 1.22. The predicted molar refractivity (Wildman–Crippen MR) is 77.2 cm³/mol. The van der Waals surface area contributed by atoms with E-state index in [1.54, 1.807) is 6.92 Å². The van der Waals surface area contributed by atoms with Crippen molar-refractivity contribution in [3.8, 4) is 11.3 Å². The molecule has 0 saturated heterocycles. The Bertz CT molecular complexity index is 611. The number of carbonyl (C=O) groups is 1. The molecule has 0 unspecified atom stereocenters. The summed E-state index contributed by atoms with van der Waals surface area (Å²) in [5.41, 5.74) is 5.70. The van der Waals surface area contributed by atoms with E-state index in [1.165, 1.54) is 11.1 Å². The fourth-order valence-electron chi connectivity index (χ4n) is 2.28. The summed E-state index contributed by atoms with van der Waals surface area (Å²) in [6.45, 7) is 7.83. The Morgan fingerprint density at radius 1 is 1.26 bits per heavy atom. The maximum absolute atomic E-state index is 11.0. The molecule has 0 aliphatic heterocycles. The maximum Gasteiger partial charge on any atom is 0.130 e. The molecule has 0 radical (unpaired) electrons. The van der Waals surface area contributed by atoms with Crippen molar-refractivity contribution in [2.24, 2.45) is 0 Å². The smallest absolute Gasteiger partial charge is 0.130 e. The third-order valence-corrected chi connectivity index (χ3v) is 3.28. The second-order valence-electron chi connectivity index (χ2n) is 5.18. The van der Waals surface area contributed by atoms with E-state index < -0.39 is 0 Å². The van der Waals surface area contributed by atoms with Crippen LogP contribution >= 0.6 is 0 Å². The van der Waals surface area contributed by atoms with Gasteiger partial charge in [-0.25, -0.2) is 4.98 Å². The van der Waals surface area contributed by atoms with Gasteiger partial charge in [-0.1, -0.05) is 23.8 Å². The molecule has 0 saturated carbocycles. The fraction of sp³-hybridized carbons (Fsp3) is 0.375. The molecular formula is C16H20N2O. The number of ketones is 1. The molecular weight excluding hydrogens is 236 g/mol. The van der Waals surface area contributed by atoms with Crippen LogP contribution in [-0.2, 0) is 11.2 Å². The summed E-state index contributed by atoms with van der Waals surface area (Å²) < 4.78 is 0. The number of hydrogen-bond donors (Lipinski definition) is 1. The average Bonchev–Trinajstić information content (AvgIpc) is 2.68. The average molecular weight is 256 g/mol. The van der Waals surface area contributed by atoms with E-state index in [4.69, 9.17) is 0 Å². The van der Waals surface area contributed by atoms with Gasteiger partial charge in [0.2, 0.25) is 0 Å². The van der Waals surface area contributed by atoms with Gasteiger partial charge < -0.3 is 9.78 Å². The van der Waals surface area contributed by atoms with Crippen LogP contribution in [0.1, 0.15) is 36.0 Å². The van der Waals surface area contributed by atoms with E-state index in [9.17, 15) is 4.79 Å². The topological polar surface area (TPSA) is 45.8 Å². The summed E-state index contributed by atoms with van der Waals surface area (Å²) in [5, 5.41) is 0. The van der Waals surface area contributed by atoms with Gasteiger partial charge in [0.25, 0.3) is 0 Å². The molecule has 0 amide bonds. The molecule has 1 heterocycles.